The minimum Gasteiger partial charge on any atom is -0.481 e. The van der Waals surface area contributed by atoms with E-state index >= 15 is 0 Å². The van der Waals surface area contributed by atoms with Gasteiger partial charge in [-0.05, 0) is 31.5 Å². The van der Waals surface area contributed by atoms with Crippen molar-refractivity contribution in [2.45, 2.75) is 19.8 Å². The van der Waals surface area contributed by atoms with Crippen molar-refractivity contribution >= 4 is 17.0 Å². The largest absolute Gasteiger partial charge is 0.481 e. The Kier molecular flexibility index (Phi) is 2.42. The number of carboxylic acid groups (broad SMARTS) is 1. The molecule has 0 bridgehead atoms. The fraction of sp³-hybridized carbons (Fsp3) is 0.333. The van der Waals surface area contributed by atoms with Crippen molar-refractivity contribution in [3.63, 3.8) is 0 Å². The van der Waals surface area contributed by atoms with Gasteiger partial charge >= 0.3 is 5.97 Å². The van der Waals surface area contributed by atoms with Gasteiger partial charge in [0.15, 0.2) is 0 Å². The average molecular weight is 218 g/mol. The Morgan fingerprint density at radius 3 is 2.81 bits per heavy atom. The third-order valence-corrected chi connectivity index (χ3v) is 3.00. The summed E-state index contributed by atoms with van der Waals surface area (Å²) in [6, 6.07) is 5.62. The van der Waals surface area contributed by atoms with E-state index in [1.165, 1.54) is 0 Å². The molecule has 1 heterocycles. The molecule has 0 aliphatic rings. The molecule has 1 unspecified atom stereocenters. The topological polar surface area (TPSA) is 55.1 Å². The summed E-state index contributed by atoms with van der Waals surface area (Å²) in [5, 5.41) is 8.94. The first-order valence-corrected chi connectivity index (χ1v) is 5.16. The van der Waals surface area contributed by atoms with Gasteiger partial charge in [-0.3, -0.25) is 4.79 Å². The van der Waals surface area contributed by atoms with E-state index in [-0.39, 0.29) is 0 Å². The second-order valence-electron chi connectivity index (χ2n) is 4.03. The molecular formula is C12H14N2O2. The number of nitrogens with zero attached hydrogens (tertiary/aromatic N) is 2. The number of hydrogen-bond acceptors (Lipinski definition) is 2. The summed E-state index contributed by atoms with van der Waals surface area (Å²) >= 11 is 0. The van der Waals surface area contributed by atoms with Gasteiger partial charge in [0, 0.05) is 7.05 Å². The van der Waals surface area contributed by atoms with E-state index in [4.69, 9.17) is 5.11 Å². The quantitative estimate of drug-likeness (QED) is 0.839. The van der Waals surface area contributed by atoms with Gasteiger partial charge in [-0.25, -0.2) is 4.98 Å². The van der Waals surface area contributed by atoms with Crippen LogP contribution in [-0.4, -0.2) is 20.6 Å². The molecule has 16 heavy (non-hydrogen) atoms. The van der Waals surface area contributed by atoms with Crippen LogP contribution in [0.25, 0.3) is 11.0 Å². The van der Waals surface area contributed by atoms with Gasteiger partial charge in [0.25, 0.3) is 0 Å². The molecule has 0 aliphatic heterocycles. The lowest BCUT2D eigenvalue weighted by Crippen LogP contribution is -2.07. The van der Waals surface area contributed by atoms with Gasteiger partial charge in [0.1, 0.15) is 5.82 Å². The Bertz CT molecular complexity index is 557. The zero-order valence-corrected chi connectivity index (χ0v) is 9.56. The van der Waals surface area contributed by atoms with Gasteiger partial charge in [0.2, 0.25) is 0 Å². The molecule has 0 amide bonds. The summed E-state index contributed by atoms with van der Waals surface area (Å²) in [7, 11) is 1.95. The number of carboxylic acids is 1. The fourth-order valence-corrected chi connectivity index (χ4v) is 1.75. The molecule has 1 N–H and O–H groups in total. The monoisotopic (exact) mass is 218 g/mol. The molecule has 4 heteroatoms. The summed E-state index contributed by atoms with van der Waals surface area (Å²) in [6.07, 6.45) is 0. The van der Waals surface area contributed by atoms with Crippen LogP contribution >= 0.6 is 0 Å². The fourth-order valence-electron chi connectivity index (χ4n) is 1.75. The first kappa shape index (κ1) is 10.7. The van der Waals surface area contributed by atoms with Crippen LogP contribution < -0.4 is 0 Å². The Morgan fingerprint density at radius 1 is 1.50 bits per heavy atom. The maximum Gasteiger partial charge on any atom is 0.310 e. The highest BCUT2D eigenvalue weighted by Crippen LogP contribution is 2.21. The average Bonchev–Trinajstić information content (AvgIpc) is 2.53. The summed E-state index contributed by atoms with van der Waals surface area (Å²) in [5.74, 6) is -0.381. The van der Waals surface area contributed by atoms with Crippen LogP contribution in [0.3, 0.4) is 0 Å². The van der Waals surface area contributed by atoms with E-state index in [1.807, 2.05) is 36.7 Å². The van der Waals surface area contributed by atoms with Crippen molar-refractivity contribution in [1.29, 1.82) is 0 Å². The lowest BCUT2D eigenvalue weighted by molar-refractivity contribution is -0.138. The van der Waals surface area contributed by atoms with E-state index in [1.54, 1.807) is 6.92 Å². The zero-order chi connectivity index (χ0) is 11.9. The van der Waals surface area contributed by atoms with Gasteiger partial charge in [0.05, 0.1) is 17.0 Å². The van der Waals surface area contributed by atoms with Crippen LogP contribution in [0.1, 0.15) is 24.2 Å². The number of hydrogen-bond donors (Lipinski definition) is 1. The summed E-state index contributed by atoms with van der Waals surface area (Å²) in [6.45, 7) is 3.61. The van der Waals surface area contributed by atoms with Crippen molar-refractivity contribution in [1.82, 2.24) is 9.55 Å². The van der Waals surface area contributed by atoms with Gasteiger partial charge in [-0.1, -0.05) is 6.07 Å². The molecule has 4 nitrogen and oxygen atoms in total. The minimum absolute atomic E-state index is 0.494. The Hall–Kier alpha value is -1.84. The number of aliphatic carboxylic acids is 1. The zero-order valence-electron chi connectivity index (χ0n) is 9.56. The highest BCUT2D eigenvalue weighted by atomic mass is 16.4. The van der Waals surface area contributed by atoms with E-state index in [0.29, 0.717) is 0 Å². The number of rotatable bonds is 2. The molecule has 1 aromatic carbocycles. The highest BCUT2D eigenvalue weighted by molar-refractivity contribution is 5.81. The molecule has 0 radical (unpaired) electrons. The van der Waals surface area contributed by atoms with Gasteiger partial charge < -0.3 is 9.67 Å². The van der Waals surface area contributed by atoms with Crippen LogP contribution in [0.15, 0.2) is 18.2 Å². The van der Waals surface area contributed by atoms with Crippen molar-refractivity contribution < 1.29 is 9.90 Å². The van der Waals surface area contributed by atoms with E-state index in [0.717, 1.165) is 22.4 Å². The van der Waals surface area contributed by atoms with Crippen LogP contribution in [-0.2, 0) is 11.8 Å². The normalized spacial score (nSPS) is 12.9. The molecule has 1 atom stereocenters. The Balaban J connectivity index is 2.56. The molecule has 84 valence electrons. The SMILES string of the molecule is Cc1nc2cc(C(C)C(=O)O)ccc2n1C. The molecule has 2 aromatic rings. The number of benzene rings is 1. The molecule has 2 rings (SSSR count). The van der Waals surface area contributed by atoms with Crippen LogP contribution in [0.5, 0.6) is 0 Å². The Labute approximate surface area is 93.5 Å². The van der Waals surface area contributed by atoms with E-state index in [2.05, 4.69) is 4.98 Å². The van der Waals surface area contributed by atoms with E-state index < -0.39 is 11.9 Å². The Morgan fingerprint density at radius 2 is 2.19 bits per heavy atom. The standard InChI is InChI=1S/C12H14N2O2/c1-7(12(15)16)9-4-5-11-10(6-9)13-8(2)14(11)3/h4-7H,1-3H3,(H,15,16). The van der Waals surface area contributed by atoms with Crippen molar-refractivity contribution in [3.05, 3.63) is 29.6 Å². The molecule has 1 aromatic heterocycles. The smallest absolute Gasteiger partial charge is 0.310 e. The van der Waals surface area contributed by atoms with Gasteiger partial charge in [-0.15, -0.1) is 0 Å². The molecule has 0 saturated carbocycles. The summed E-state index contributed by atoms with van der Waals surface area (Å²) in [5.41, 5.74) is 2.67. The summed E-state index contributed by atoms with van der Waals surface area (Å²) < 4.78 is 1.99. The third-order valence-electron chi connectivity index (χ3n) is 3.00. The molecule has 0 fully saturated rings. The van der Waals surface area contributed by atoms with Crippen LogP contribution in [0.4, 0.5) is 0 Å². The number of carbonyl (C=O) groups is 1. The maximum absolute atomic E-state index is 10.9. The number of fused-ring (bicyclic) bond motifs is 1. The second-order valence-corrected chi connectivity index (χ2v) is 4.03. The maximum atomic E-state index is 10.9. The number of aromatic nitrogens is 2. The van der Waals surface area contributed by atoms with Crippen LogP contribution in [0.2, 0.25) is 0 Å². The molecule has 0 spiro atoms. The van der Waals surface area contributed by atoms with Gasteiger partial charge in [-0.2, -0.15) is 0 Å². The summed E-state index contributed by atoms with van der Waals surface area (Å²) in [4.78, 5) is 15.3. The third kappa shape index (κ3) is 1.56. The molecule has 0 saturated heterocycles. The lowest BCUT2D eigenvalue weighted by atomic mass is 10.0. The first-order chi connectivity index (χ1) is 7.50. The predicted molar refractivity (Wildman–Crippen MR) is 61.5 cm³/mol. The van der Waals surface area contributed by atoms with E-state index in [9.17, 15) is 4.79 Å². The molecular weight excluding hydrogens is 204 g/mol. The highest BCUT2D eigenvalue weighted by Gasteiger charge is 2.15. The number of imidazole rings is 1. The van der Waals surface area contributed by atoms with Crippen LogP contribution in [0, 0.1) is 6.92 Å². The number of aryl methyl sites for hydroxylation is 2. The molecule has 0 aliphatic carbocycles. The predicted octanol–water partition coefficient (Wildman–Crippen LogP) is 2.07. The second kappa shape index (κ2) is 3.63. The first-order valence-electron chi connectivity index (χ1n) is 5.16. The van der Waals surface area contributed by atoms with Crippen molar-refractivity contribution in [2.24, 2.45) is 7.05 Å². The van der Waals surface area contributed by atoms with Crippen molar-refractivity contribution in [2.75, 3.05) is 0 Å². The lowest BCUT2D eigenvalue weighted by Gasteiger charge is -2.06. The van der Waals surface area contributed by atoms with Crippen molar-refractivity contribution in [3.8, 4) is 0 Å². The minimum atomic E-state index is -0.813.